The summed E-state index contributed by atoms with van der Waals surface area (Å²) in [5, 5.41) is 0. The third kappa shape index (κ3) is 4.40. The molecule has 0 heterocycles. The highest BCUT2D eigenvalue weighted by molar-refractivity contribution is 6.52. The van der Waals surface area contributed by atoms with Crippen molar-refractivity contribution in [3.05, 3.63) is 34.9 Å². The normalized spacial score (nSPS) is 22.7. The molecule has 0 bridgehead atoms. The minimum Gasteiger partial charge on any atom is -0.353 e. The van der Waals surface area contributed by atoms with E-state index in [0.29, 0.717) is 12.1 Å². The summed E-state index contributed by atoms with van der Waals surface area (Å²) in [5.41, 5.74) is -3.09. The molecule has 2 nitrogen and oxygen atoms in total. The second-order valence-electron chi connectivity index (χ2n) is 5.80. The van der Waals surface area contributed by atoms with Gasteiger partial charge in [-0.15, -0.1) is 23.2 Å². The van der Waals surface area contributed by atoms with E-state index in [-0.39, 0.29) is 24.8 Å². The van der Waals surface area contributed by atoms with Crippen LogP contribution in [-0.4, -0.2) is 23.8 Å². The second-order valence-corrected chi connectivity index (χ2v) is 7.24. The molecule has 0 N–H and O–H groups in total. The van der Waals surface area contributed by atoms with Gasteiger partial charge >= 0.3 is 12.4 Å². The Balaban J connectivity index is 2.47. The van der Waals surface area contributed by atoms with Crippen molar-refractivity contribution in [2.24, 2.45) is 5.92 Å². The Morgan fingerprint density at radius 3 is 1.69 bits per heavy atom. The van der Waals surface area contributed by atoms with Crippen molar-refractivity contribution in [1.29, 1.82) is 0 Å². The average molecular weight is 425 g/mol. The first-order chi connectivity index (χ1) is 11.8. The molecule has 1 aromatic carbocycles. The Labute approximate surface area is 156 Å². The molecule has 2 atom stereocenters. The van der Waals surface area contributed by atoms with Crippen molar-refractivity contribution >= 4 is 23.2 Å². The summed E-state index contributed by atoms with van der Waals surface area (Å²) in [4.78, 5) is 0. The molecule has 0 unspecified atom stereocenters. The molecule has 148 valence electrons. The lowest BCUT2D eigenvalue weighted by atomic mass is 10.0. The van der Waals surface area contributed by atoms with Crippen molar-refractivity contribution in [2.75, 3.05) is 13.2 Å². The molecule has 1 fully saturated rings. The molecule has 1 aromatic rings. The van der Waals surface area contributed by atoms with Crippen LogP contribution in [0.5, 0.6) is 0 Å². The van der Waals surface area contributed by atoms with E-state index in [4.69, 9.17) is 32.7 Å². The fraction of sp³-hybridized carbons (Fsp3) is 0.625. The number of hydrogen-bond donors (Lipinski definition) is 0. The predicted molar refractivity (Wildman–Crippen MR) is 84.2 cm³/mol. The van der Waals surface area contributed by atoms with Gasteiger partial charge in [-0.25, -0.2) is 0 Å². The summed E-state index contributed by atoms with van der Waals surface area (Å²) in [6, 6.07) is 1.33. The Hall–Kier alpha value is -0.700. The number of halogens is 8. The van der Waals surface area contributed by atoms with Crippen LogP contribution in [0, 0.1) is 5.92 Å². The maximum Gasteiger partial charge on any atom is 0.416 e. The molecule has 0 aromatic heterocycles. The largest absolute Gasteiger partial charge is 0.416 e. The first kappa shape index (κ1) is 21.6. The lowest BCUT2D eigenvalue weighted by molar-refractivity contribution is -0.149. The lowest BCUT2D eigenvalue weighted by Gasteiger charge is -2.17. The van der Waals surface area contributed by atoms with Gasteiger partial charge in [0.2, 0.25) is 0 Å². The molecule has 0 radical (unpaired) electrons. The van der Waals surface area contributed by atoms with Gasteiger partial charge in [-0.3, -0.25) is 0 Å². The van der Waals surface area contributed by atoms with E-state index in [1.165, 1.54) is 0 Å². The van der Waals surface area contributed by atoms with Crippen LogP contribution < -0.4 is 0 Å². The summed E-state index contributed by atoms with van der Waals surface area (Å²) < 4.78 is 87.3. The molecule has 0 amide bonds. The first-order valence-electron chi connectivity index (χ1n) is 7.74. The fourth-order valence-corrected chi connectivity index (χ4v) is 3.72. The van der Waals surface area contributed by atoms with Gasteiger partial charge in [-0.2, -0.15) is 26.3 Å². The lowest BCUT2D eigenvalue weighted by Crippen LogP contribution is -2.22. The third-order valence-corrected chi connectivity index (χ3v) is 5.01. The minimum atomic E-state index is -4.94. The Bertz CT molecular complexity index is 606. The minimum absolute atomic E-state index is 0.0631. The Kier molecular flexibility index (Phi) is 6.12. The fourth-order valence-electron chi connectivity index (χ4n) is 2.86. The van der Waals surface area contributed by atoms with Crippen LogP contribution in [0.4, 0.5) is 26.3 Å². The molecule has 0 saturated heterocycles. The zero-order chi connectivity index (χ0) is 19.9. The van der Waals surface area contributed by atoms with Gasteiger partial charge in [-0.05, 0) is 37.6 Å². The highest BCUT2D eigenvalue weighted by Crippen LogP contribution is 2.67. The van der Waals surface area contributed by atoms with Gasteiger partial charge in [0.05, 0.1) is 17.0 Å². The molecular weight excluding hydrogens is 409 g/mol. The molecule has 26 heavy (non-hydrogen) atoms. The van der Waals surface area contributed by atoms with E-state index in [1.54, 1.807) is 13.8 Å². The topological polar surface area (TPSA) is 18.5 Å². The van der Waals surface area contributed by atoms with Crippen molar-refractivity contribution < 1.29 is 35.8 Å². The Morgan fingerprint density at radius 1 is 0.923 bits per heavy atom. The highest BCUT2D eigenvalue weighted by atomic mass is 35.5. The molecule has 1 saturated carbocycles. The van der Waals surface area contributed by atoms with Crippen LogP contribution >= 0.6 is 23.2 Å². The molecule has 0 spiro atoms. The van der Waals surface area contributed by atoms with E-state index >= 15 is 0 Å². The molecule has 10 heteroatoms. The van der Waals surface area contributed by atoms with E-state index in [1.807, 2.05) is 0 Å². The van der Waals surface area contributed by atoms with Crippen molar-refractivity contribution in [3.8, 4) is 0 Å². The zero-order valence-corrected chi connectivity index (χ0v) is 15.2. The van der Waals surface area contributed by atoms with Crippen LogP contribution in [0.15, 0.2) is 18.2 Å². The number of hydrogen-bond acceptors (Lipinski definition) is 2. The Morgan fingerprint density at radius 2 is 1.35 bits per heavy atom. The SMILES string of the molecule is CCOC(OCC)[C@@H]1[C@@H](c2cc(C(F)(F)F)cc(C(F)(F)F)c2)C1(Cl)Cl. The quantitative estimate of drug-likeness (QED) is 0.316. The molecule has 0 aliphatic heterocycles. The van der Waals surface area contributed by atoms with Crippen LogP contribution in [0.2, 0.25) is 0 Å². The van der Waals surface area contributed by atoms with Gasteiger partial charge < -0.3 is 9.47 Å². The maximum absolute atomic E-state index is 13.0. The number of ether oxygens (including phenoxy) is 2. The zero-order valence-electron chi connectivity index (χ0n) is 13.7. The van der Waals surface area contributed by atoms with Crippen molar-refractivity contribution in [3.63, 3.8) is 0 Å². The maximum atomic E-state index is 13.0. The van der Waals surface area contributed by atoms with E-state index in [9.17, 15) is 26.3 Å². The van der Waals surface area contributed by atoms with E-state index < -0.39 is 45.9 Å². The number of rotatable bonds is 6. The van der Waals surface area contributed by atoms with Gasteiger partial charge in [0.15, 0.2) is 6.29 Å². The molecule has 1 aliphatic rings. The summed E-state index contributed by atoms with van der Waals surface area (Å²) in [5.74, 6) is -1.78. The van der Waals surface area contributed by atoms with Gasteiger partial charge in [0, 0.05) is 19.1 Å². The van der Waals surface area contributed by atoms with Crippen LogP contribution in [-0.2, 0) is 21.8 Å². The smallest absolute Gasteiger partial charge is 0.353 e. The number of benzene rings is 1. The van der Waals surface area contributed by atoms with E-state index in [2.05, 4.69) is 0 Å². The van der Waals surface area contributed by atoms with Crippen molar-refractivity contribution in [2.45, 2.75) is 42.7 Å². The third-order valence-electron chi connectivity index (χ3n) is 4.03. The monoisotopic (exact) mass is 424 g/mol. The number of alkyl halides is 8. The van der Waals surface area contributed by atoms with Gasteiger partial charge in [0.1, 0.15) is 4.33 Å². The predicted octanol–water partition coefficient (Wildman–Crippen LogP) is 6.01. The summed E-state index contributed by atoms with van der Waals surface area (Å²) in [6.45, 7) is 3.77. The van der Waals surface area contributed by atoms with Gasteiger partial charge in [-0.1, -0.05) is 0 Å². The van der Waals surface area contributed by atoms with Crippen LogP contribution in [0.3, 0.4) is 0 Å². The van der Waals surface area contributed by atoms with Crippen LogP contribution in [0.25, 0.3) is 0 Å². The summed E-state index contributed by atoms with van der Waals surface area (Å²) >= 11 is 12.3. The molecule has 2 rings (SSSR count). The standard InChI is InChI=1S/C16H16Cl2F6O2/c1-3-25-13(26-4-2)12-11(14(12,17)18)8-5-9(15(19,20)21)7-10(6-8)16(22,23)24/h5-7,11-13H,3-4H2,1-2H3/t11-,12+/m1/s1. The summed E-state index contributed by atoms with van der Waals surface area (Å²) in [7, 11) is 0. The highest BCUT2D eigenvalue weighted by Gasteiger charge is 2.68. The van der Waals surface area contributed by atoms with Crippen LogP contribution in [0.1, 0.15) is 36.5 Å². The van der Waals surface area contributed by atoms with Gasteiger partial charge in [0.25, 0.3) is 0 Å². The molecular formula is C16H16Cl2F6O2. The second kappa shape index (κ2) is 7.37. The average Bonchev–Trinajstić information content (AvgIpc) is 3.07. The first-order valence-corrected chi connectivity index (χ1v) is 8.50. The van der Waals surface area contributed by atoms with E-state index in [0.717, 1.165) is 0 Å². The van der Waals surface area contributed by atoms with Crippen molar-refractivity contribution in [1.82, 2.24) is 0 Å². The molecule has 1 aliphatic carbocycles. The summed E-state index contributed by atoms with van der Waals surface area (Å²) in [6.07, 6.45) is -10.8.